The second-order valence-corrected chi connectivity index (χ2v) is 10.7. The van der Waals surface area contributed by atoms with Crippen molar-refractivity contribution in [2.24, 2.45) is 0 Å². The van der Waals surface area contributed by atoms with Crippen molar-refractivity contribution in [1.82, 2.24) is 19.9 Å². The Balaban J connectivity index is 1.54. The van der Waals surface area contributed by atoms with Crippen LogP contribution in [0.2, 0.25) is 0 Å². The average molecular weight is 422 g/mol. The highest BCUT2D eigenvalue weighted by atomic mass is 32.2. The predicted molar refractivity (Wildman–Crippen MR) is 121 cm³/mol. The zero-order chi connectivity index (χ0) is 20.9. The van der Waals surface area contributed by atoms with Crippen LogP contribution in [0.15, 0.2) is 53.7 Å². The third-order valence-corrected chi connectivity index (χ3v) is 7.57. The van der Waals surface area contributed by atoms with Gasteiger partial charge in [0.15, 0.2) is 0 Å². The van der Waals surface area contributed by atoms with E-state index in [1.807, 2.05) is 30.5 Å². The van der Waals surface area contributed by atoms with Crippen LogP contribution >= 0.6 is 0 Å². The topological polar surface area (TPSA) is 102 Å². The quantitative estimate of drug-likeness (QED) is 0.471. The van der Waals surface area contributed by atoms with Crippen molar-refractivity contribution < 1.29 is 0 Å². The second-order valence-electron chi connectivity index (χ2n) is 8.44. The molecule has 0 radical (unpaired) electrons. The van der Waals surface area contributed by atoms with Gasteiger partial charge >= 0.3 is 0 Å². The molecule has 2 aliphatic rings. The molecule has 1 aromatic carbocycles. The highest BCUT2D eigenvalue weighted by Crippen LogP contribution is 2.44. The number of hydrogen-bond donors (Lipinski definition) is 4. The fourth-order valence-electron chi connectivity index (χ4n) is 4.81. The molecule has 0 unspecified atom stereocenters. The summed E-state index contributed by atoms with van der Waals surface area (Å²) in [6.07, 6.45) is 9.39. The minimum atomic E-state index is -2.22. The smallest absolute Gasteiger partial charge is 0.229 e. The highest BCUT2D eigenvalue weighted by Gasteiger charge is 2.41. The maximum atomic E-state index is 7.93. The normalized spacial score (nSPS) is 18.2. The van der Waals surface area contributed by atoms with Gasteiger partial charge in [0.25, 0.3) is 0 Å². The highest BCUT2D eigenvalue weighted by molar-refractivity contribution is 7.92. The number of nitrogens with one attached hydrogen (secondary N) is 4. The second kappa shape index (κ2) is 6.84. The van der Waals surface area contributed by atoms with Crippen LogP contribution in [-0.2, 0) is 21.7 Å². The van der Waals surface area contributed by atoms with Crippen LogP contribution in [0.25, 0.3) is 11.0 Å². The van der Waals surface area contributed by atoms with Crippen molar-refractivity contribution in [3.8, 4) is 0 Å². The number of benzene rings is 1. The molecule has 2 aromatic heterocycles. The van der Waals surface area contributed by atoms with E-state index in [1.54, 1.807) is 6.26 Å². The van der Waals surface area contributed by atoms with E-state index >= 15 is 0 Å². The lowest BCUT2D eigenvalue weighted by Gasteiger charge is -2.45. The SMILES string of the molecule is C=C1NCc2cc3cnc(Nc4ccc(S(C)(=N)=N)cc4)nc3n2C12CCCCC2. The minimum absolute atomic E-state index is 0.101. The summed E-state index contributed by atoms with van der Waals surface area (Å²) in [4.78, 5) is 10.2. The zero-order valence-corrected chi connectivity index (χ0v) is 18.0. The largest absolute Gasteiger partial charge is 0.381 e. The molecule has 7 nitrogen and oxygen atoms in total. The predicted octanol–water partition coefficient (Wildman–Crippen LogP) is 5.12. The lowest BCUT2D eigenvalue weighted by atomic mass is 9.78. The maximum absolute atomic E-state index is 7.93. The summed E-state index contributed by atoms with van der Waals surface area (Å²) in [5, 5.41) is 7.86. The van der Waals surface area contributed by atoms with Crippen LogP contribution in [0.1, 0.15) is 37.8 Å². The first-order valence-electron chi connectivity index (χ1n) is 10.3. The van der Waals surface area contributed by atoms with Crippen molar-refractivity contribution in [3.63, 3.8) is 0 Å². The van der Waals surface area contributed by atoms with Crippen molar-refractivity contribution in [3.05, 3.63) is 54.5 Å². The number of hydrogen-bond acceptors (Lipinski definition) is 6. The first kappa shape index (κ1) is 19.1. The first-order valence-corrected chi connectivity index (χ1v) is 12.4. The van der Waals surface area contributed by atoms with Gasteiger partial charge in [0.05, 0.1) is 12.1 Å². The molecule has 0 bridgehead atoms. The lowest BCUT2D eigenvalue weighted by molar-refractivity contribution is 0.213. The van der Waals surface area contributed by atoms with Gasteiger partial charge in [-0.15, -0.1) is 0 Å². The van der Waals surface area contributed by atoms with Gasteiger partial charge in [-0.1, -0.05) is 25.8 Å². The minimum Gasteiger partial charge on any atom is -0.381 e. The van der Waals surface area contributed by atoms with Gasteiger partial charge in [0.2, 0.25) is 5.95 Å². The number of rotatable bonds is 3. The van der Waals surface area contributed by atoms with Gasteiger partial charge in [-0.3, -0.25) is 9.56 Å². The third kappa shape index (κ3) is 3.06. The molecule has 1 aliphatic heterocycles. The zero-order valence-electron chi connectivity index (χ0n) is 17.2. The molecule has 30 heavy (non-hydrogen) atoms. The van der Waals surface area contributed by atoms with Crippen LogP contribution in [0.5, 0.6) is 0 Å². The molecular formula is C22H27N7S. The van der Waals surface area contributed by atoms with E-state index in [1.165, 1.54) is 25.0 Å². The summed E-state index contributed by atoms with van der Waals surface area (Å²) in [5.74, 6) is 0.554. The molecule has 1 spiro atoms. The Bertz CT molecular complexity index is 1230. The fourth-order valence-corrected chi connectivity index (χ4v) is 5.49. The summed E-state index contributed by atoms with van der Waals surface area (Å²) >= 11 is 0. The lowest BCUT2D eigenvalue weighted by Crippen LogP contribution is -2.47. The molecule has 8 heteroatoms. The monoisotopic (exact) mass is 421 g/mol. The van der Waals surface area contributed by atoms with Crippen LogP contribution < -0.4 is 10.6 Å². The first-order chi connectivity index (χ1) is 14.4. The Hall–Kier alpha value is -2.87. The number of allylic oxidation sites excluding steroid dienone is 1. The standard InChI is InChI=1S/C22H27N7S/c1-15-22(10-4-3-5-11-22)29-18(14-25-15)12-16-13-26-21(28-20(16)29)27-17-6-8-19(9-7-17)30(2,23)24/h6-9,12-13,23-25H,1,3-5,10-11,14H2,2H3,(H,26,27,28). The molecule has 0 saturated heterocycles. The Morgan fingerprint density at radius 1 is 1.17 bits per heavy atom. The van der Waals surface area contributed by atoms with E-state index in [9.17, 15) is 0 Å². The van der Waals surface area contributed by atoms with Crippen LogP contribution in [0.3, 0.4) is 0 Å². The summed E-state index contributed by atoms with van der Waals surface area (Å²) in [5.41, 5.74) is 4.05. The maximum Gasteiger partial charge on any atom is 0.229 e. The Morgan fingerprint density at radius 3 is 2.60 bits per heavy atom. The summed E-state index contributed by atoms with van der Waals surface area (Å²) < 4.78 is 18.3. The Morgan fingerprint density at radius 2 is 1.90 bits per heavy atom. The molecule has 0 atom stereocenters. The van der Waals surface area contributed by atoms with Gasteiger partial charge in [0.1, 0.15) is 5.65 Å². The Labute approximate surface area is 177 Å². The van der Waals surface area contributed by atoms with E-state index < -0.39 is 9.62 Å². The summed E-state index contributed by atoms with van der Waals surface area (Å²) in [7, 11) is -2.22. The molecule has 4 N–H and O–H groups in total. The van der Waals surface area contributed by atoms with Gasteiger partial charge < -0.3 is 15.2 Å². The van der Waals surface area contributed by atoms with Crippen molar-refractivity contribution in [2.45, 2.75) is 49.1 Å². The van der Waals surface area contributed by atoms with Gasteiger partial charge in [-0.25, -0.2) is 4.98 Å². The van der Waals surface area contributed by atoms with E-state index in [-0.39, 0.29) is 5.54 Å². The van der Waals surface area contributed by atoms with Crippen molar-refractivity contribution >= 4 is 32.3 Å². The van der Waals surface area contributed by atoms with E-state index in [0.717, 1.165) is 46.7 Å². The molecule has 1 fully saturated rings. The van der Waals surface area contributed by atoms with Crippen LogP contribution in [0.4, 0.5) is 11.6 Å². The van der Waals surface area contributed by atoms with Gasteiger partial charge in [-0.05, 0) is 52.8 Å². The number of anilines is 2. The summed E-state index contributed by atoms with van der Waals surface area (Å²) in [6.45, 7) is 5.14. The number of fused-ring (bicyclic) bond motifs is 4. The molecule has 0 amide bonds. The number of nitrogens with zero attached hydrogens (tertiary/aromatic N) is 3. The van der Waals surface area contributed by atoms with Crippen molar-refractivity contribution in [2.75, 3.05) is 11.6 Å². The Kier molecular flexibility index (Phi) is 4.36. The molecule has 5 rings (SSSR count). The third-order valence-electron chi connectivity index (χ3n) is 6.35. The average Bonchev–Trinajstić information content (AvgIpc) is 3.10. The molecule has 156 valence electrons. The van der Waals surface area contributed by atoms with Crippen LogP contribution in [0, 0.1) is 9.56 Å². The molecule has 1 saturated carbocycles. The van der Waals surface area contributed by atoms with E-state index in [0.29, 0.717) is 5.95 Å². The van der Waals surface area contributed by atoms with E-state index in [4.69, 9.17) is 14.5 Å². The fraction of sp³-hybridized carbons (Fsp3) is 0.364. The summed E-state index contributed by atoms with van der Waals surface area (Å²) in [6, 6.07) is 9.64. The number of aromatic nitrogens is 3. The van der Waals surface area contributed by atoms with Crippen LogP contribution in [-0.4, -0.2) is 20.8 Å². The van der Waals surface area contributed by atoms with Gasteiger partial charge in [0, 0.05) is 39.8 Å². The van der Waals surface area contributed by atoms with E-state index in [2.05, 4.69) is 32.8 Å². The molecule has 3 aromatic rings. The van der Waals surface area contributed by atoms with Crippen molar-refractivity contribution in [1.29, 1.82) is 9.56 Å². The molecule has 1 aliphatic carbocycles. The molecule has 3 heterocycles. The molecular weight excluding hydrogens is 394 g/mol. The van der Waals surface area contributed by atoms with Gasteiger partial charge in [-0.2, -0.15) is 4.98 Å².